The van der Waals surface area contributed by atoms with E-state index in [-0.39, 0.29) is 5.56 Å². The van der Waals surface area contributed by atoms with Gasteiger partial charge in [-0.3, -0.25) is 14.6 Å². The van der Waals surface area contributed by atoms with Gasteiger partial charge in [0, 0.05) is 43.7 Å². The quantitative estimate of drug-likeness (QED) is 0.514. The topological polar surface area (TPSA) is 52.2 Å². The van der Waals surface area contributed by atoms with Crippen LogP contribution in [0.3, 0.4) is 0 Å². The van der Waals surface area contributed by atoms with E-state index in [1.54, 1.807) is 11.3 Å². The van der Waals surface area contributed by atoms with E-state index in [0.29, 0.717) is 11.9 Å². The summed E-state index contributed by atoms with van der Waals surface area (Å²) in [6.07, 6.45) is 0. The van der Waals surface area contributed by atoms with Crippen LogP contribution < -0.4 is 5.56 Å². The Morgan fingerprint density at radius 2 is 1.61 bits per heavy atom. The van der Waals surface area contributed by atoms with E-state index in [9.17, 15) is 4.79 Å². The number of nitrogens with one attached hydrogen (secondary N) is 1. The number of aryl methyl sites for hydroxylation is 1. The van der Waals surface area contributed by atoms with Gasteiger partial charge < -0.3 is 4.98 Å². The van der Waals surface area contributed by atoms with Crippen LogP contribution in [0.4, 0.5) is 0 Å². The smallest absolute Gasteiger partial charge is 0.260 e. The van der Waals surface area contributed by atoms with Gasteiger partial charge >= 0.3 is 0 Å². The SMILES string of the molecule is Cc1ccccc1CN1CCN(Cc2nc3scc(-c4ccccc4)c3c(=O)[nH]2)CC1. The lowest BCUT2D eigenvalue weighted by Gasteiger charge is -2.34. The number of fused-ring (bicyclic) bond motifs is 1. The molecule has 0 amide bonds. The zero-order valence-corrected chi connectivity index (χ0v) is 18.5. The van der Waals surface area contributed by atoms with E-state index < -0.39 is 0 Å². The summed E-state index contributed by atoms with van der Waals surface area (Å²) in [5.74, 6) is 0.756. The van der Waals surface area contributed by atoms with E-state index in [0.717, 1.165) is 54.5 Å². The summed E-state index contributed by atoms with van der Waals surface area (Å²) in [7, 11) is 0. The minimum absolute atomic E-state index is 0.0432. The molecule has 2 aromatic carbocycles. The monoisotopic (exact) mass is 430 g/mol. The first kappa shape index (κ1) is 20.1. The van der Waals surface area contributed by atoms with Gasteiger partial charge in [-0.05, 0) is 23.6 Å². The maximum atomic E-state index is 12.9. The van der Waals surface area contributed by atoms with Gasteiger partial charge in [0.1, 0.15) is 10.7 Å². The first-order valence-corrected chi connectivity index (χ1v) is 11.6. The summed E-state index contributed by atoms with van der Waals surface area (Å²) in [4.78, 5) is 26.4. The summed E-state index contributed by atoms with van der Waals surface area (Å²) in [6.45, 7) is 7.87. The van der Waals surface area contributed by atoms with E-state index in [2.05, 4.69) is 46.0 Å². The Kier molecular flexibility index (Phi) is 5.68. The predicted molar refractivity (Wildman–Crippen MR) is 127 cm³/mol. The number of hydrogen-bond acceptors (Lipinski definition) is 5. The first-order chi connectivity index (χ1) is 15.2. The molecule has 0 atom stereocenters. The first-order valence-electron chi connectivity index (χ1n) is 10.7. The van der Waals surface area contributed by atoms with Gasteiger partial charge in [0.25, 0.3) is 5.56 Å². The molecule has 1 aliphatic heterocycles. The molecule has 0 radical (unpaired) electrons. The fourth-order valence-electron chi connectivity index (χ4n) is 4.24. The van der Waals surface area contributed by atoms with Crippen LogP contribution in [0.25, 0.3) is 21.3 Å². The number of benzene rings is 2. The number of hydrogen-bond donors (Lipinski definition) is 1. The molecule has 0 unspecified atom stereocenters. The van der Waals surface area contributed by atoms with E-state index in [1.807, 2.05) is 35.7 Å². The van der Waals surface area contributed by atoms with E-state index in [1.165, 1.54) is 11.1 Å². The lowest BCUT2D eigenvalue weighted by atomic mass is 10.1. The molecule has 1 saturated heterocycles. The third-order valence-electron chi connectivity index (χ3n) is 6.07. The largest absolute Gasteiger partial charge is 0.309 e. The minimum Gasteiger partial charge on any atom is -0.309 e. The average Bonchev–Trinajstić information content (AvgIpc) is 3.22. The van der Waals surface area contributed by atoms with Crippen molar-refractivity contribution in [2.24, 2.45) is 0 Å². The number of aromatic nitrogens is 2. The van der Waals surface area contributed by atoms with Crippen LogP contribution in [-0.4, -0.2) is 45.9 Å². The fraction of sp³-hybridized carbons (Fsp3) is 0.280. The average molecular weight is 431 g/mol. The summed E-state index contributed by atoms with van der Waals surface area (Å²) >= 11 is 1.54. The number of H-pyrrole nitrogens is 1. The molecule has 0 aliphatic carbocycles. The Bertz CT molecular complexity index is 1240. The highest BCUT2D eigenvalue weighted by atomic mass is 32.1. The lowest BCUT2D eigenvalue weighted by Crippen LogP contribution is -2.45. The maximum absolute atomic E-state index is 12.9. The van der Waals surface area contributed by atoms with Crippen molar-refractivity contribution in [2.75, 3.05) is 26.2 Å². The molecule has 158 valence electrons. The van der Waals surface area contributed by atoms with Gasteiger partial charge in [-0.1, -0.05) is 54.6 Å². The fourth-order valence-corrected chi connectivity index (χ4v) is 5.21. The summed E-state index contributed by atoms with van der Waals surface area (Å²) in [5.41, 5.74) is 4.73. The number of rotatable bonds is 5. The van der Waals surface area contributed by atoms with Gasteiger partial charge in [0.2, 0.25) is 0 Å². The molecule has 4 aromatic rings. The van der Waals surface area contributed by atoms with Crippen LogP contribution in [0.5, 0.6) is 0 Å². The zero-order chi connectivity index (χ0) is 21.2. The molecule has 6 heteroatoms. The molecular weight excluding hydrogens is 404 g/mol. The van der Waals surface area contributed by atoms with Gasteiger partial charge in [-0.2, -0.15) is 0 Å². The van der Waals surface area contributed by atoms with Gasteiger partial charge in [0.15, 0.2) is 0 Å². The van der Waals surface area contributed by atoms with Crippen LogP contribution in [0, 0.1) is 6.92 Å². The van der Waals surface area contributed by atoms with Crippen molar-refractivity contribution in [3.8, 4) is 11.1 Å². The Morgan fingerprint density at radius 3 is 2.35 bits per heavy atom. The summed E-state index contributed by atoms with van der Waals surface area (Å²) < 4.78 is 0. The highest BCUT2D eigenvalue weighted by Gasteiger charge is 2.19. The van der Waals surface area contributed by atoms with Crippen molar-refractivity contribution in [3.63, 3.8) is 0 Å². The van der Waals surface area contributed by atoms with Gasteiger partial charge in [-0.25, -0.2) is 4.98 Å². The third-order valence-corrected chi connectivity index (χ3v) is 6.94. The molecule has 5 nitrogen and oxygen atoms in total. The standard InChI is InChI=1S/C25H26N4OS/c1-18-7-5-6-10-20(18)15-28-11-13-29(14-12-28)16-22-26-24(30)23-21(17-31-25(23)27-22)19-8-3-2-4-9-19/h2-10,17H,11-16H2,1H3,(H,26,27,30). The van der Waals surface area contributed by atoms with Crippen molar-refractivity contribution < 1.29 is 0 Å². The lowest BCUT2D eigenvalue weighted by molar-refractivity contribution is 0.120. The van der Waals surface area contributed by atoms with Crippen LogP contribution in [0.1, 0.15) is 17.0 Å². The van der Waals surface area contributed by atoms with Crippen LogP contribution in [0.15, 0.2) is 64.8 Å². The number of piperazine rings is 1. The van der Waals surface area contributed by atoms with Crippen molar-refractivity contribution in [3.05, 3.63) is 87.3 Å². The summed E-state index contributed by atoms with van der Waals surface area (Å²) in [6, 6.07) is 18.6. The second-order valence-corrected chi connectivity index (χ2v) is 9.05. The van der Waals surface area contributed by atoms with Crippen molar-refractivity contribution in [1.82, 2.24) is 19.8 Å². The normalized spacial score (nSPS) is 15.5. The maximum Gasteiger partial charge on any atom is 0.260 e. The Balaban J connectivity index is 1.26. The predicted octanol–water partition coefficient (Wildman–Crippen LogP) is 4.28. The molecule has 0 bridgehead atoms. The third kappa shape index (κ3) is 4.32. The molecule has 31 heavy (non-hydrogen) atoms. The van der Waals surface area contributed by atoms with Crippen molar-refractivity contribution in [1.29, 1.82) is 0 Å². The molecular formula is C25H26N4OS. The number of aromatic amines is 1. The molecule has 1 aliphatic rings. The zero-order valence-electron chi connectivity index (χ0n) is 17.7. The molecule has 5 rings (SSSR count). The number of nitrogens with zero attached hydrogens (tertiary/aromatic N) is 3. The Morgan fingerprint density at radius 1 is 0.935 bits per heavy atom. The van der Waals surface area contributed by atoms with Gasteiger partial charge in [0.05, 0.1) is 11.9 Å². The van der Waals surface area contributed by atoms with E-state index >= 15 is 0 Å². The van der Waals surface area contributed by atoms with E-state index in [4.69, 9.17) is 4.98 Å². The molecule has 0 spiro atoms. The van der Waals surface area contributed by atoms with Crippen LogP contribution >= 0.6 is 11.3 Å². The van der Waals surface area contributed by atoms with Crippen LogP contribution in [-0.2, 0) is 13.1 Å². The second-order valence-electron chi connectivity index (χ2n) is 8.19. The molecule has 0 saturated carbocycles. The van der Waals surface area contributed by atoms with Crippen LogP contribution in [0.2, 0.25) is 0 Å². The van der Waals surface area contributed by atoms with Crippen molar-refractivity contribution in [2.45, 2.75) is 20.0 Å². The van der Waals surface area contributed by atoms with Gasteiger partial charge in [-0.15, -0.1) is 11.3 Å². The number of thiophene rings is 1. The highest BCUT2D eigenvalue weighted by molar-refractivity contribution is 7.17. The highest BCUT2D eigenvalue weighted by Crippen LogP contribution is 2.30. The Labute approximate surface area is 186 Å². The molecule has 3 heterocycles. The molecule has 1 N–H and O–H groups in total. The molecule has 1 fully saturated rings. The summed E-state index contributed by atoms with van der Waals surface area (Å²) in [5, 5.41) is 2.74. The minimum atomic E-state index is -0.0432. The second kappa shape index (κ2) is 8.75. The molecule has 2 aromatic heterocycles. The van der Waals surface area contributed by atoms with Crippen molar-refractivity contribution >= 4 is 21.6 Å². The Hall–Kier alpha value is -2.80.